The Morgan fingerprint density at radius 1 is 1.30 bits per heavy atom. The summed E-state index contributed by atoms with van der Waals surface area (Å²) < 4.78 is 5.82. The second kappa shape index (κ2) is 4.85. The van der Waals surface area contributed by atoms with Gasteiger partial charge in [-0.2, -0.15) is 0 Å². The molecule has 0 aliphatic carbocycles. The summed E-state index contributed by atoms with van der Waals surface area (Å²) in [6, 6.07) is 11.3. The highest BCUT2D eigenvalue weighted by atomic mass is 16.5. The van der Waals surface area contributed by atoms with Crippen LogP contribution in [0.1, 0.15) is 11.7 Å². The molecule has 0 spiro atoms. The van der Waals surface area contributed by atoms with Gasteiger partial charge in [-0.3, -0.25) is 9.69 Å². The lowest BCUT2D eigenvalue weighted by atomic mass is 10.1. The Balaban J connectivity index is 2.01. The summed E-state index contributed by atoms with van der Waals surface area (Å²) in [5.74, 6) is 1.05. The lowest BCUT2D eigenvalue weighted by molar-refractivity contribution is -0.126. The van der Waals surface area contributed by atoms with E-state index in [1.54, 1.807) is 19.3 Å². The van der Waals surface area contributed by atoms with Crippen LogP contribution in [0.3, 0.4) is 0 Å². The number of fused-ring (bicyclic) bond motifs is 1. The Morgan fingerprint density at radius 2 is 2.15 bits per heavy atom. The zero-order valence-corrected chi connectivity index (χ0v) is 11.3. The first kappa shape index (κ1) is 12.5. The van der Waals surface area contributed by atoms with Crippen LogP contribution in [0.25, 0.3) is 0 Å². The van der Waals surface area contributed by atoms with E-state index in [-0.39, 0.29) is 5.91 Å². The molecule has 20 heavy (non-hydrogen) atoms. The van der Waals surface area contributed by atoms with Gasteiger partial charge >= 0.3 is 0 Å². The molecular weight excluding hydrogens is 254 g/mol. The van der Waals surface area contributed by atoms with Crippen molar-refractivity contribution in [1.82, 2.24) is 4.98 Å². The number of anilines is 2. The number of aromatic nitrogens is 1. The number of benzene rings is 1. The molecule has 102 valence electrons. The number of hydrogen-bond acceptors (Lipinski definition) is 4. The molecule has 5 heteroatoms. The minimum atomic E-state index is -0.634. The van der Waals surface area contributed by atoms with Crippen molar-refractivity contribution in [3.8, 4) is 5.75 Å². The molecule has 2 heterocycles. The van der Waals surface area contributed by atoms with Crippen molar-refractivity contribution in [2.24, 2.45) is 0 Å². The number of likely N-dealkylation sites (N-methyl/N-ethyl adjacent to an activating group) is 1. The maximum absolute atomic E-state index is 12.4. The third-order valence-corrected chi connectivity index (χ3v) is 3.35. The predicted octanol–water partition coefficient (Wildman–Crippen LogP) is 2.22. The molecule has 1 amide bonds. The van der Waals surface area contributed by atoms with Crippen molar-refractivity contribution in [1.29, 1.82) is 0 Å². The molecule has 1 unspecified atom stereocenters. The Morgan fingerprint density at radius 3 is 2.95 bits per heavy atom. The molecule has 1 aliphatic rings. The van der Waals surface area contributed by atoms with Crippen molar-refractivity contribution < 1.29 is 9.53 Å². The molecule has 5 nitrogen and oxygen atoms in total. The number of ether oxygens (including phenoxy) is 1. The molecule has 3 rings (SSSR count). The van der Waals surface area contributed by atoms with Crippen molar-refractivity contribution in [2.45, 2.75) is 6.10 Å². The van der Waals surface area contributed by atoms with Gasteiger partial charge in [-0.25, -0.2) is 4.98 Å². The quantitative estimate of drug-likeness (QED) is 0.908. The van der Waals surface area contributed by atoms with E-state index < -0.39 is 6.10 Å². The van der Waals surface area contributed by atoms with Crippen LogP contribution in [-0.4, -0.2) is 25.0 Å². The van der Waals surface area contributed by atoms with Gasteiger partial charge in [0.25, 0.3) is 5.91 Å². The van der Waals surface area contributed by atoms with Crippen LogP contribution in [0.15, 0.2) is 42.6 Å². The fourth-order valence-electron chi connectivity index (χ4n) is 2.25. The summed E-state index contributed by atoms with van der Waals surface area (Å²) >= 11 is 0. The van der Waals surface area contributed by atoms with Gasteiger partial charge in [0.15, 0.2) is 11.6 Å². The topological polar surface area (TPSA) is 54.5 Å². The third kappa shape index (κ3) is 1.97. The van der Waals surface area contributed by atoms with E-state index in [0.717, 1.165) is 11.3 Å². The lowest BCUT2D eigenvalue weighted by Crippen LogP contribution is -2.38. The van der Waals surface area contributed by atoms with Gasteiger partial charge in [-0.1, -0.05) is 12.1 Å². The summed E-state index contributed by atoms with van der Waals surface area (Å²) in [5, 5.41) is 3.06. The summed E-state index contributed by atoms with van der Waals surface area (Å²) in [6.07, 6.45) is 1.01. The SMILES string of the molecule is CNc1cccc(C2Oc3cccnc3N(C)C2=O)c1. The second-order valence-corrected chi connectivity index (χ2v) is 4.60. The first-order chi connectivity index (χ1) is 9.70. The van der Waals surface area contributed by atoms with Gasteiger partial charge < -0.3 is 10.1 Å². The monoisotopic (exact) mass is 269 g/mol. The Bertz CT molecular complexity index is 657. The molecule has 0 saturated heterocycles. The van der Waals surface area contributed by atoms with Crippen LogP contribution in [0, 0.1) is 0 Å². The van der Waals surface area contributed by atoms with Crippen molar-refractivity contribution >= 4 is 17.4 Å². The van der Waals surface area contributed by atoms with Crippen molar-refractivity contribution in [3.63, 3.8) is 0 Å². The molecule has 2 aromatic rings. The Labute approximate surface area is 117 Å². The number of hydrogen-bond donors (Lipinski definition) is 1. The van der Waals surface area contributed by atoms with Gasteiger partial charge in [0.05, 0.1) is 0 Å². The second-order valence-electron chi connectivity index (χ2n) is 4.60. The van der Waals surface area contributed by atoms with Crippen LogP contribution < -0.4 is 15.0 Å². The van der Waals surface area contributed by atoms with Crippen LogP contribution in [0.4, 0.5) is 11.5 Å². The van der Waals surface area contributed by atoms with E-state index in [1.165, 1.54) is 4.90 Å². The average molecular weight is 269 g/mol. The van der Waals surface area contributed by atoms with Gasteiger partial charge in [-0.05, 0) is 24.3 Å². The van der Waals surface area contributed by atoms with E-state index in [4.69, 9.17) is 4.74 Å². The zero-order chi connectivity index (χ0) is 14.1. The number of nitrogens with one attached hydrogen (secondary N) is 1. The lowest BCUT2D eigenvalue weighted by Gasteiger charge is -2.31. The summed E-state index contributed by atoms with van der Waals surface area (Å²) in [5.41, 5.74) is 1.77. The van der Waals surface area contributed by atoms with E-state index in [1.807, 2.05) is 37.4 Å². The smallest absolute Gasteiger partial charge is 0.273 e. The number of amides is 1. The van der Waals surface area contributed by atoms with E-state index in [0.29, 0.717) is 11.6 Å². The number of carbonyl (C=O) groups is 1. The predicted molar refractivity (Wildman–Crippen MR) is 77.0 cm³/mol. The van der Waals surface area contributed by atoms with Crippen LogP contribution in [0.5, 0.6) is 5.75 Å². The number of nitrogens with zero attached hydrogens (tertiary/aromatic N) is 2. The molecule has 1 aromatic carbocycles. The minimum absolute atomic E-state index is 0.121. The Kier molecular flexibility index (Phi) is 3.02. The number of rotatable bonds is 2. The molecule has 1 aliphatic heterocycles. The van der Waals surface area contributed by atoms with Gasteiger partial charge in [0.1, 0.15) is 0 Å². The summed E-state index contributed by atoms with van der Waals surface area (Å²) in [6.45, 7) is 0. The highest BCUT2D eigenvalue weighted by molar-refractivity contribution is 5.99. The number of carbonyl (C=O) groups excluding carboxylic acids is 1. The average Bonchev–Trinajstić information content (AvgIpc) is 2.51. The van der Waals surface area contributed by atoms with Crippen molar-refractivity contribution in [2.75, 3.05) is 24.3 Å². The fourth-order valence-corrected chi connectivity index (χ4v) is 2.25. The van der Waals surface area contributed by atoms with Crippen molar-refractivity contribution in [3.05, 3.63) is 48.2 Å². The summed E-state index contributed by atoms with van der Waals surface area (Å²) in [7, 11) is 3.56. The van der Waals surface area contributed by atoms with E-state index in [9.17, 15) is 4.79 Å². The van der Waals surface area contributed by atoms with Gasteiger partial charge in [0, 0.05) is 31.5 Å². The first-order valence-electron chi connectivity index (χ1n) is 6.37. The van der Waals surface area contributed by atoms with Gasteiger partial charge in [-0.15, -0.1) is 0 Å². The molecule has 0 bridgehead atoms. The van der Waals surface area contributed by atoms with Crippen LogP contribution >= 0.6 is 0 Å². The number of pyridine rings is 1. The fraction of sp³-hybridized carbons (Fsp3) is 0.200. The highest BCUT2D eigenvalue weighted by Gasteiger charge is 2.34. The molecule has 1 aromatic heterocycles. The maximum Gasteiger partial charge on any atom is 0.273 e. The highest BCUT2D eigenvalue weighted by Crippen LogP contribution is 2.36. The molecule has 1 N–H and O–H groups in total. The Hall–Kier alpha value is -2.56. The largest absolute Gasteiger partial charge is 0.472 e. The van der Waals surface area contributed by atoms with Gasteiger partial charge in [0.2, 0.25) is 6.10 Å². The molecule has 1 atom stereocenters. The molecule has 0 saturated carbocycles. The van der Waals surface area contributed by atoms with Crippen LogP contribution in [0.2, 0.25) is 0 Å². The third-order valence-electron chi connectivity index (χ3n) is 3.35. The van der Waals surface area contributed by atoms with E-state index in [2.05, 4.69) is 10.3 Å². The normalized spacial score (nSPS) is 17.4. The maximum atomic E-state index is 12.4. The van der Waals surface area contributed by atoms with Crippen LogP contribution in [-0.2, 0) is 4.79 Å². The molecule has 0 radical (unpaired) electrons. The molecule has 0 fully saturated rings. The van der Waals surface area contributed by atoms with E-state index >= 15 is 0 Å². The molecular formula is C15H15N3O2. The summed E-state index contributed by atoms with van der Waals surface area (Å²) in [4.78, 5) is 18.1. The minimum Gasteiger partial charge on any atom is -0.472 e. The first-order valence-corrected chi connectivity index (χ1v) is 6.37. The standard InChI is InChI=1S/C15H15N3O2/c1-16-11-6-3-5-10(9-11)13-15(19)18(2)14-12(20-13)7-4-8-17-14/h3-9,13,16H,1-2H3. The zero-order valence-electron chi connectivity index (χ0n) is 11.3.